The summed E-state index contributed by atoms with van der Waals surface area (Å²) in [5, 5.41) is 19.9. The molecule has 1 N–H and O–H groups in total. The fourth-order valence-corrected chi connectivity index (χ4v) is 1.52. The molecule has 1 aromatic carbocycles. The quantitative estimate of drug-likeness (QED) is 0.917. The Bertz CT molecular complexity index is 597. The Hall–Kier alpha value is -2.48. The molecule has 0 aliphatic heterocycles. The number of nitrogens with one attached hydrogen (secondary N) is 1. The maximum absolute atomic E-state index is 12.8. The summed E-state index contributed by atoms with van der Waals surface area (Å²) < 4.78 is 12.8. The van der Waals surface area contributed by atoms with E-state index in [0.29, 0.717) is 11.5 Å². The number of anilines is 1. The fourth-order valence-electron chi connectivity index (χ4n) is 1.52. The Kier molecular flexibility index (Phi) is 3.43. The molecular weight excluding hydrogens is 243 g/mol. The molecular formula is C14H13FN4. The molecule has 2 aromatic rings. The van der Waals surface area contributed by atoms with Crippen molar-refractivity contribution in [2.45, 2.75) is 19.4 Å². The maximum Gasteiger partial charge on any atom is 0.149 e. The van der Waals surface area contributed by atoms with Crippen molar-refractivity contribution >= 4 is 5.82 Å². The Morgan fingerprint density at radius 1 is 1.11 bits per heavy atom. The fraction of sp³-hybridized carbons (Fsp3) is 0.214. The van der Waals surface area contributed by atoms with Crippen LogP contribution in [-0.4, -0.2) is 15.7 Å². The number of nitriles is 1. The molecule has 0 saturated heterocycles. The van der Waals surface area contributed by atoms with E-state index in [1.165, 1.54) is 12.1 Å². The number of hydrogen-bond acceptors (Lipinski definition) is 4. The first-order valence-corrected chi connectivity index (χ1v) is 5.79. The zero-order valence-electron chi connectivity index (χ0n) is 10.7. The van der Waals surface area contributed by atoms with Crippen LogP contribution in [0.3, 0.4) is 0 Å². The van der Waals surface area contributed by atoms with Crippen molar-refractivity contribution in [2.75, 3.05) is 5.32 Å². The number of halogens is 1. The first kappa shape index (κ1) is 13.0. The third-order valence-electron chi connectivity index (χ3n) is 2.52. The van der Waals surface area contributed by atoms with Crippen molar-refractivity contribution in [2.24, 2.45) is 0 Å². The summed E-state index contributed by atoms with van der Waals surface area (Å²) in [6.07, 6.45) is 0. The van der Waals surface area contributed by atoms with E-state index in [0.717, 1.165) is 5.56 Å². The van der Waals surface area contributed by atoms with Crippen LogP contribution in [0, 0.1) is 17.1 Å². The van der Waals surface area contributed by atoms with Gasteiger partial charge in [-0.15, -0.1) is 10.2 Å². The van der Waals surface area contributed by atoms with E-state index in [4.69, 9.17) is 5.26 Å². The maximum atomic E-state index is 12.8. The average Bonchev–Trinajstić information content (AvgIpc) is 2.40. The Morgan fingerprint density at radius 2 is 1.79 bits per heavy atom. The predicted octanol–water partition coefficient (Wildman–Crippen LogP) is 3.00. The minimum atomic E-state index is -0.702. The standard InChI is InChI=1S/C14H13FN4/c1-14(2,9-16)17-13-8-7-12(18-19-13)10-3-5-11(15)6-4-10/h3-8H,1-2H3,(H,17,19). The summed E-state index contributed by atoms with van der Waals surface area (Å²) in [7, 11) is 0. The first-order valence-electron chi connectivity index (χ1n) is 5.79. The highest BCUT2D eigenvalue weighted by molar-refractivity contribution is 5.59. The highest BCUT2D eigenvalue weighted by Crippen LogP contribution is 2.18. The van der Waals surface area contributed by atoms with Gasteiger partial charge in [-0.25, -0.2) is 4.39 Å². The van der Waals surface area contributed by atoms with Gasteiger partial charge in [0.1, 0.15) is 17.2 Å². The van der Waals surface area contributed by atoms with Gasteiger partial charge in [-0.05, 0) is 50.2 Å². The zero-order chi connectivity index (χ0) is 13.9. The van der Waals surface area contributed by atoms with E-state index in [2.05, 4.69) is 21.6 Å². The average molecular weight is 256 g/mol. The molecule has 1 aromatic heterocycles. The first-order chi connectivity index (χ1) is 9.00. The van der Waals surface area contributed by atoms with Crippen molar-refractivity contribution in [3.8, 4) is 17.3 Å². The summed E-state index contributed by atoms with van der Waals surface area (Å²) >= 11 is 0. The van der Waals surface area contributed by atoms with Gasteiger partial charge in [-0.2, -0.15) is 5.26 Å². The van der Waals surface area contributed by atoms with Gasteiger partial charge >= 0.3 is 0 Å². The normalized spacial score (nSPS) is 10.8. The molecule has 0 atom stereocenters. The van der Waals surface area contributed by atoms with E-state index < -0.39 is 5.54 Å². The minimum absolute atomic E-state index is 0.286. The third kappa shape index (κ3) is 3.26. The van der Waals surface area contributed by atoms with Crippen molar-refractivity contribution in [1.29, 1.82) is 5.26 Å². The summed E-state index contributed by atoms with van der Waals surface area (Å²) in [4.78, 5) is 0. The Morgan fingerprint density at radius 3 is 2.32 bits per heavy atom. The SMILES string of the molecule is CC(C)(C#N)Nc1ccc(-c2ccc(F)cc2)nn1. The zero-order valence-corrected chi connectivity index (χ0v) is 10.7. The van der Waals surface area contributed by atoms with Crippen molar-refractivity contribution in [3.05, 3.63) is 42.2 Å². The van der Waals surface area contributed by atoms with Gasteiger partial charge in [0, 0.05) is 5.56 Å². The summed E-state index contributed by atoms with van der Waals surface area (Å²) in [5.41, 5.74) is 0.742. The van der Waals surface area contributed by atoms with Crippen LogP contribution in [-0.2, 0) is 0 Å². The number of benzene rings is 1. The van der Waals surface area contributed by atoms with Crippen molar-refractivity contribution in [1.82, 2.24) is 10.2 Å². The van der Waals surface area contributed by atoms with Gasteiger partial charge in [0.05, 0.1) is 11.8 Å². The van der Waals surface area contributed by atoms with E-state index in [-0.39, 0.29) is 5.82 Å². The van der Waals surface area contributed by atoms with Gasteiger partial charge in [0.25, 0.3) is 0 Å². The van der Waals surface area contributed by atoms with Gasteiger partial charge in [-0.3, -0.25) is 0 Å². The van der Waals surface area contributed by atoms with Crippen LogP contribution in [0.2, 0.25) is 0 Å². The van der Waals surface area contributed by atoms with Crippen LogP contribution in [0.1, 0.15) is 13.8 Å². The molecule has 1 heterocycles. The molecule has 2 rings (SSSR count). The molecule has 0 bridgehead atoms. The van der Waals surface area contributed by atoms with E-state index >= 15 is 0 Å². The topological polar surface area (TPSA) is 61.6 Å². The van der Waals surface area contributed by atoms with E-state index in [1.54, 1.807) is 38.1 Å². The van der Waals surface area contributed by atoms with Crippen LogP contribution in [0.4, 0.5) is 10.2 Å². The Labute approximate surface area is 110 Å². The molecule has 0 unspecified atom stereocenters. The molecule has 0 saturated carbocycles. The summed E-state index contributed by atoms with van der Waals surface area (Å²) in [5.74, 6) is 0.239. The third-order valence-corrected chi connectivity index (χ3v) is 2.52. The molecule has 19 heavy (non-hydrogen) atoms. The van der Waals surface area contributed by atoms with Gasteiger partial charge < -0.3 is 5.32 Å². The van der Waals surface area contributed by atoms with Crippen molar-refractivity contribution in [3.63, 3.8) is 0 Å². The largest absolute Gasteiger partial charge is 0.351 e. The van der Waals surface area contributed by atoms with Gasteiger partial charge in [0.15, 0.2) is 0 Å². The van der Waals surface area contributed by atoms with Crippen LogP contribution in [0.25, 0.3) is 11.3 Å². The second-order valence-corrected chi connectivity index (χ2v) is 4.67. The van der Waals surface area contributed by atoms with Crippen molar-refractivity contribution < 1.29 is 4.39 Å². The molecule has 5 heteroatoms. The molecule has 0 fully saturated rings. The lowest BCUT2D eigenvalue weighted by atomic mass is 10.1. The second-order valence-electron chi connectivity index (χ2n) is 4.67. The Balaban J connectivity index is 2.19. The van der Waals surface area contributed by atoms with Gasteiger partial charge in [0.2, 0.25) is 0 Å². The monoisotopic (exact) mass is 256 g/mol. The number of hydrogen-bond donors (Lipinski definition) is 1. The lowest BCUT2D eigenvalue weighted by molar-refractivity contribution is 0.628. The van der Waals surface area contributed by atoms with Crippen LogP contribution < -0.4 is 5.32 Å². The molecule has 0 aliphatic rings. The van der Waals surface area contributed by atoms with Gasteiger partial charge in [-0.1, -0.05) is 0 Å². The second kappa shape index (κ2) is 5.02. The number of aromatic nitrogens is 2. The number of rotatable bonds is 3. The minimum Gasteiger partial charge on any atom is -0.351 e. The molecule has 0 aliphatic carbocycles. The van der Waals surface area contributed by atoms with E-state index in [1.807, 2.05) is 0 Å². The predicted molar refractivity (Wildman–Crippen MR) is 70.7 cm³/mol. The highest BCUT2D eigenvalue weighted by atomic mass is 19.1. The molecule has 0 amide bonds. The molecule has 4 nitrogen and oxygen atoms in total. The van der Waals surface area contributed by atoms with Crippen LogP contribution in [0.5, 0.6) is 0 Å². The molecule has 96 valence electrons. The summed E-state index contributed by atoms with van der Waals surface area (Å²) in [6.45, 7) is 3.51. The number of nitrogens with zero attached hydrogens (tertiary/aromatic N) is 3. The molecule has 0 spiro atoms. The smallest absolute Gasteiger partial charge is 0.149 e. The highest BCUT2D eigenvalue weighted by Gasteiger charge is 2.16. The summed E-state index contributed by atoms with van der Waals surface area (Å²) in [6, 6.07) is 11.7. The van der Waals surface area contributed by atoms with Crippen LogP contribution in [0.15, 0.2) is 36.4 Å². The lowest BCUT2D eigenvalue weighted by Gasteiger charge is -2.17. The molecule has 0 radical (unpaired) electrons. The van der Waals surface area contributed by atoms with E-state index in [9.17, 15) is 4.39 Å². The lowest BCUT2D eigenvalue weighted by Crippen LogP contribution is -2.29. The van der Waals surface area contributed by atoms with Crippen LogP contribution >= 0.6 is 0 Å².